The van der Waals surface area contributed by atoms with Crippen LogP contribution in [0.4, 0.5) is 0 Å². The van der Waals surface area contributed by atoms with E-state index in [9.17, 15) is 4.21 Å². The van der Waals surface area contributed by atoms with Gasteiger partial charge in [0.1, 0.15) is 5.75 Å². The Morgan fingerprint density at radius 3 is 2.79 bits per heavy atom. The summed E-state index contributed by atoms with van der Waals surface area (Å²) in [6.45, 7) is 5.07. The Hall–Kier alpha value is -0.870. The Balaban J connectivity index is 2.72. The molecule has 0 amide bonds. The summed E-state index contributed by atoms with van der Waals surface area (Å²) in [7, 11) is 0.904. The van der Waals surface area contributed by atoms with Gasteiger partial charge in [0, 0.05) is 28.3 Å². The normalized spacial score (nSPS) is 14.1. The van der Waals surface area contributed by atoms with Gasteiger partial charge in [0.2, 0.25) is 0 Å². The molecule has 0 saturated heterocycles. The van der Waals surface area contributed by atoms with Gasteiger partial charge >= 0.3 is 0 Å². The molecule has 3 nitrogen and oxygen atoms in total. The van der Waals surface area contributed by atoms with Crippen molar-refractivity contribution in [2.24, 2.45) is 0 Å². The molecule has 1 N–H and O–H groups in total. The zero-order valence-corrected chi connectivity index (χ0v) is 13.0. The first-order valence-electron chi connectivity index (χ1n) is 6.93. The van der Waals surface area contributed by atoms with Crippen molar-refractivity contribution in [1.82, 2.24) is 5.32 Å². The predicted octanol–water partition coefficient (Wildman–Crippen LogP) is 2.89. The van der Waals surface area contributed by atoms with Crippen molar-refractivity contribution in [1.29, 1.82) is 0 Å². The highest BCUT2D eigenvalue weighted by atomic mass is 32.2. The summed E-state index contributed by atoms with van der Waals surface area (Å²) in [6, 6.07) is 8.13. The zero-order valence-electron chi connectivity index (χ0n) is 12.1. The van der Waals surface area contributed by atoms with Crippen LogP contribution in [0.3, 0.4) is 0 Å². The second-order valence-corrected chi connectivity index (χ2v) is 6.17. The van der Waals surface area contributed by atoms with Crippen LogP contribution in [0.2, 0.25) is 0 Å². The van der Waals surface area contributed by atoms with Gasteiger partial charge in [-0.2, -0.15) is 0 Å². The molecule has 0 aliphatic rings. The third-order valence-electron chi connectivity index (χ3n) is 3.02. The second kappa shape index (κ2) is 9.10. The first kappa shape index (κ1) is 16.2. The Morgan fingerprint density at radius 1 is 1.37 bits per heavy atom. The standard InChI is InChI=1S/C15H25NO2S/c1-4-6-10-19(17)12-15(16-5-2)13-8-7-9-14(11-13)18-3/h7-9,11,15-16H,4-6,10,12H2,1-3H3. The number of hydrogen-bond acceptors (Lipinski definition) is 3. The highest BCUT2D eigenvalue weighted by molar-refractivity contribution is 7.85. The summed E-state index contributed by atoms with van der Waals surface area (Å²) in [6.07, 6.45) is 2.13. The molecule has 108 valence electrons. The SMILES string of the molecule is CCCCS(=O)CC(NCC)c1cccc(OC)c1. The summed E-state index contributed by atoms with van der Waals surface area (Å²) in [5, 5.41) is 3.41. The van der Waals surface area contributed by atoms with Crippen LogP contribution in [0.25, 0.3) is 0 Å². The average molecular weight is 283 g/mol. The Labute approximate surface area is 119 Å². The second-order valence-electron chi connectivity index (χ2n) is 4.55. The lowest BCUT2D eigenvalue weighted by atomic mass is 10.1. The summed E-state index contributed by atoms with van der Waals surface area (Å²) >= 11 is 0. The van der Waals surface area contributed by atoms with Crippen LogP contribution >= 0.6 is 0 Å². The van der Waals surface area contributed by atoms with E-state index in [-0.39, 0.29) is 6.04 Å². The summed E-state index contributed by atoms with van der Waals surface area (Å²) in [5.41, 5.74) is 1.14. The van der Waals surface area contributed by atoms with Gasteiger partial charge in [-0.25, -0.2) is 0 Å². The number of hydrogen-bond donors (Lipinski definition) is 1. The Kier molecular flexibility index (Phi) is 7.75. The fourth-order valence-corrected chi connectivity index (χ4v) is 3.41. The smallest absolute Gasteiger partial charge is 0.119 e. The Morgan fingerprint density at radius 2 is 2.16 bits per heavy atom. The van der Waals surface area contributed by atoms with Gasteiger partial charge in [-0.05, 0) is 30.7 Å². The van der Waals surface area contributed by atoms with Crippen molar-refractivity contribution in [2.75, 3.05) is 25.2 Å². The summed E-state index contributed by atoms with van der Waals surface area (Å²) < 4.78 is 17.3. The van der Waals surface area contributed by atoms with Gasteiger partial charge < -0.3 is 10.1 Å². The molecular weight excluding hydrogens is 258 g/mol. The lowest BCUT2D eigenvalue weighted by Crippen LogP contribution is -2.26. The van der Waals surface area contributed by atoms with Crippen molar-refractivity contribution >= 4 is 10.8 Å². The average Bonchev–Trinajstić information content (AvgIpc) is 2.44. The van der Waals surface area contributed by atoms with Gasteiger partial charge in [0.05, 0.1) is 7.11 Å². The minimum absolute atomic E-state index is 0.137. The van der Waals surface area contributed by atoms with Crippen molar-refractivity contribution in [2.45, 2.75) is 32.7 Å². The molecule has 0 fully saturated rings. The number of benzene rings is 1. The van der Waals surface area contributed by atoms with Gasteiger partial charge in [0.15, 0.2) is 0 Å². The number of rotatable bonds is 9. The van der Waals surface area contributed by atoms with Gasteiger partial charge in [0.25, 0.3) is 0 Å². The van der Waals surface area contributed by atoms with Crippen molar-refractivity contribution in [3.05, 3.63) is 29.8 Å². The van der Waals surface area contributed by atoms with E-state index in [0.717, 1.165) is 36.5 Å². The number of ether oxygens (including phenoxy) is 1. The zero-order chi connectivity index (χ0) is 14.1. The predicted molar refractivity (Wildman–Crippen MR) is 82.2 cm³/mol. The van der Waals surface area contributed by atoms with Crippen molar-refractivity contribution in [3.8, 4) is 5.75 Å². The van der Waals surface area contributed by atoms with E-state index in [4.69, 9.17) is 4.74 Å². The lowest BCUT2D eigenvalue weighted by Gasteiger charge is -2.18. The molecule has 2 unspecified atom stereocenters. The van der Waals surface area contributed by atoms with E-state index in [2.05, 4.69) is 25.2 Å². The number of methoxy groups -OCH3 is 1. The fourth-order valence-electron chi connectivity index (χ4n) is 1.95. The molecular formula is C15H25NO2S. The summed E-state index contributed by atoms with van der Waals surface area (Å²) in [5.74, 6) is 2.31. The van der Waals surface area contributed by atoms with E-state index in [0.29, 0.717) is 5.75 Å². The molecule has 0 saturated carbocycles. The fraction of sp³-hybridized carbons (Fsp3) is 0.600. The third kappa shape index (κ3) is 5.74. The van der Waals surface area contributed by atoms with Crippen LogP contribution in [0.15, 0.2) is 24.3 Å². The van der Waals surface area contributed by atoms with Gasteiger partial charge in [-0.1, -0.05) is 32.4 Å². The first-order valence-corrected chi connectivity index (χ1v) is 8.42. The highest BCUT2D eigenvalue weighted by Gasteiger charge is 2.14. The van der Waals surface area contributed by atoms with Crippen LogP contribution in [-0.2, 0) is 10.8 Å². The molecule has 1 rings (SSSR count). The van der Waals surface area contributed by atoms with Crippen LogP contribution in [0.1, 0.15) is 38.3 Å². The van der Waals surface area contributed by atoms with Gasteiger partial charge in [-0.3, -0.25) is 4.21 Å². The molecule has 0 bridgehead atoms. The maximum Gasteiger partial charge on any atom is 0.119 e. The van der Waals surface area contributed by atoms with Crippen LogP contribution < -0.4 is 10.1 Å². The first-order chi connectivity index (χ1) is 9.21. The van der Waals surface area contributed by atoms with Crippen LogP contribution in [-0.4, -0.2) is 29.4 Å². The van der Waals surface area contributed by atoms with E-state index >= 15 is 0 Å². The molecule has 4 heteroatoms. The molecule has 1 aromatic carbocycles. The molecule has 0 heterocycles. The molecule has 1 aromatic rings. The minimum atomic E-state index is -0.764. The van der Waals surface area contributed by atoms with Crippen LogP contribution in [0, 0.1) is 0 Å². The lowest BCUT2D eigenvalue weighted by molar-refractivity contribution is 0.413. The quantitative estimate of drug-likeness (QED) is 0.757. The van der Waals surface area contributed by atoms with Gasteiger partial charge in [-0.15, -0.1) is 0 Å². The molecule has 0 radical (unpaired) electrons. The molecule has 19 heavy (non-hydrogen) atoms. The van der Waals surface area contributed by atoms with E-state index in [1.54, 1.807) is 7.11 Å². The van der Waals surface area contributed by atoms with Crippen LogP contribution in [0.5, 0.6) is 5.75 Å². The van der Waals surface area contributed by atoms with E-state index in [1.165, 1.54) is 0 Å². The van der Waals surface area contributed by atoms with Crippen molar-refractivity contribution in [3.63, 3.8) is 0 Å². The molecule has 0 aliphatic heterocycles. The minimum Gasteiger partial charge on any atom is -0.497 e. The molecule has 2 atom stereocenters. The van der Waals surface area contributed by atoms with E-state index < -0.39 is 10.8 Å². The Bertz CT molecular complexity index is 395. The summed E-state index contributed by atoms with van der Waals surface area (Å²) in [4.78, 5) is 0. The molecule has 0 aliphatic carbocycles. The molecule has 0 aromatic heterocycles. The number of nitrogens with one attached hydrogen (secondary N) is 1. The number of unbranched alkanes of at least 4 members (excludes halogenated alkanes) is 1. The third-order valence-corrected chi connectivity index (χ3v) is 4.47. The highest BCUT2D eigenvalue weighted by Crippen LogP contribution is 2.20. The monoisotopic (exact) mass is 283 g/mol. The maximum absolute atomic E-state index is 12.1. The molecule has 0 spiro atoms. The largest absolute Gasteiger partial charge is 0.497 e. The maximum atomic E-state index is 12.1. The van der Waals surface area contributed by atoms with Crippen molar-refractivity contribution < 1.29 is 8.95 Å². The topological polar surface area (TPSA) is 38.3 Å². The van der Waals surface area contributed by atoms with E-state index in [1.807, 2.05) is 18.2 Å².